The summed E-state index contributed by atoms with van der Waals surface area (Å²) in [5.74, 6) is -3.00. The molecule has 2 amide bonds. The highest BCUT2D eigenvalue weighted by atomic mass is 19.4. The summed E-state index contributed by atoms with van der Waals surface area (Å²) in [5, 5.41) is 13.8. The molecule has 7 nitrogen and oxygen atoms in total. The first-order chi connectivity index (χ1) is 11.6. The number of urea groups is 1. The molecule has 0 unspecified atom stereocenters. The fourth-order valence-electron chi connectivity index (χ4n) is 2.63. The number of hydrogen-bond donors (Lipinski definition) is 3. The Labute approximate surface area is 141 Å². The van der Waals surface area contributed by atoms with Crippen LogP contribution in [0, 0.1) is 5.92 Å². The molecule has 1 aliphatic heterocycles. The predicted molar refractivity (Wildman–Crippen MR) is 78.5 cm³/mol. The summed E-state index contributed by atoms with van der Waals surface area (Å²) in [4.78, 5) is 23.9. The maximum absolute atomic E-state index is 13.4. The van der Waals surface area contributed by atoms with Crippen LogP contribution < -0.4 is 15.4 Å². The van der Waals surface area contributed by atoms with Gasteiger partial charge >= 0.3 is 18.2 Å². The number of ether oxygens (including phenoxy) is 2. The summed E-state index contributed by atoms with van der Waals surface area (Å²) in [5.41, 5.74) is -3.59. The molecule has 1 saturated heterocycles. The Balaban J connectivity index is 2.53. The lowest BCUT2D eigenvalue weighted by Gasteiger charge is -2.44. The molecule has 3 atom stereocenters. The van der Waals surface area contributed by atoms with Crippen molar-refractivity contribution in [2.45, 2.75) is 24.9 Å². The zero-order valence-electron chi connectivity index (χ0n) is 13.4. The number of carbonyl (C=O) groups is 2. The number of halogens is 3. The summed E-state index contributed by atoms with van der Waals surface area (Å²) in [6.07, 6.45) is -5.30. The van der Waals surface area contributed by atoms with Crippen LogP contribution in [0.3, 0.4) is 0 Å². The smallest absolute Gasteiger partial charge is 0.437 e. The van der Waals surface area contributed by atoms with E-state index in [1.165, 1.54) is 43.6 Å². The Morgan fingerprint density at radius 3 is 2.40 bits per heavy atom. The van der Waals surface area contributed by atoms with Crippen LogP contribution in [0.15, 0.2) is 24.3 Å². The first-order valence-corrected chi connectivity index (χ1v) is 7.32. The number of nitrogens with one attached hydrogen (secondary N) is 2. The lowest BCUT2D eigenvalue weighted by atomic mass is 9.82. The molecule has 1 aromatic rings. The molecule has 138 valence electrons. The third-order valence-electron chi connectivity index (χ3n) is 3.82. The maximum Gasteiger partial charge on any atom is 0.437 e. The summed E-state index contributed by atoms with van der Waals surface area (Å²) in [6.45, 7) is 1.23. The van der Waals surface area contributed by atoms with Gasteiger partial charge in [-0.1, -0.05) is 12.1 Å². The molecule has 3 N–H and O–H groups in total. The van der Waals surface area contributed by atoms with Crippen LogP contribution in [0.1, 0.15) is 18.5 Å². The molecule has 10 heteroatoms. The predicted octanol–water partition coefficient (Wildman–Crippen LogP) is 1.48. The largest absolute Gasteiger partial charge is 0.497 e. The van der Waals surface area contributed by atoms with E-state index in [9.17, 15) is 27.9 Å². The Hall–Kier alpha value is -2.49. The van der Waals surface area contributed by atoms with E-state index >= 15 is 0 Å². The summed E-state index contributed by atoms with van der Waals surface area (Å²) in [7, 11) is 1.41. The number of hydrogen-bond acceptors (Lipinski definition) is 5. The van der Waals surface area contributed by atoms with E-state index in [0.717, 1.165) is 0 Å². The van der Waals surface area contributed by atoms with E-state index < -0.39 is 35.9 Å². The minimum absolute atomic E-state index is 0.177. The lowest BCUT2D eigenvalue weighted by Crippen LogP contribution is -2.73. The number of methoxy groups -OCH3 is 1. The molecule has 0 spiro atoms. The molecule has 1 aromatic carbocycles. The van der Waals surface area contributed by atoms with Gasteiger partial charge in [-0.25, -0.2) is 4.79 Å². The van der Waals surface area contributed by atoms with E-state index in [-0.39, 0.29) is 12.2 Å². The van der Waals surface area contributed by atoms with Gasteiger partial charge in [0.05, 0.1) is 19.8 Å². The van der Waals surface area contributed by atoms with Crippen LogP contribution in [0.25, 0.3) is 0 Å². The highest BCUT2D eigenvalue weighted by Crippen LogP contribution is 2.43. The van der Waals surface area contributed by atoms with Gasteiger partial charge in [-0.15, -0.1) is 0 Å². The molecule has 1 fully saturated rings. The molecule has 0 aromatic heterocycles. The third kappa shape index (κ3) is 3.48. The average molecular weight is 362 g/mol. The molecular formula is C15H17F3N2O5. The fourth-order valence-corrected chi connectivity index (χ4v) is 2.63. The zero-order valence-corrected chi connectivity index (χ0v) is 13.4. The van der Waals surface area contributed by atoms with Gasteiger partial charge in [-0.05, 0) is 24.6 Å². The van der Waals surface area contributed by atoms with E-state index in [4.69, 9.17) is 4.74 Å². The zero-order chi connectivity index (χ0) is 18.8. The quantitative estimate of drug-likeness (QED) is 0.705. The van der Waals surface area contributed by atoms with Crippen LogP contribution in [-0.2, 0) is 9.53 Å². The third-order valence-corrected chi connectivity index (χ3v) is 3.82. The van der Waals surface area contributed by atoms with Gasteiger partial charge in [0.2, 0.25) is 0 Å². The number of esters is 1. The fraction of sp³-hybridized carbons (Fsp3) is 0.467. The van der Waals surface area contributed by atoms with Crippen molar-refractivity contribution in [3.63, 3.8) is 0 Å². The minimum atomic E-state index is -5.30. The van der Waals surface area contributed by atoms with Crippen molar-refractivity contribution in [3.05, 3.63) is 29.8 Å². The van der Waals surface area contributed by atoms with Crippen LogP contribution >= 0.6 is 0 Å². The number of benzene rings is 1. The SMILES string of the molecule is CCOC(=O)[C@@H]1[C@@H](c2ccc(OC)cc2)NC(=O)N[C@]1(O)C(F)(F)F. The van der Waals surface area contributed by atoms with Crippen LogP contribution in [-0.4, -0.2) is 42.7 Å². The normalized spacial score (nSPS) is 26.4. The van der Waals surface area contributed by atoms with E-state index in [0.29, 0.717) is 5.75 Å². The monoisotopic (exact) mass is 362 g/mol. The maximum atomic E-state index is 13.4. The molecular weight excluding hydrogens is 345 g/mol. The van der Waals surface area contributed by atoms with Gasteiger partial charge in [0, 0.05) is 0 Å². The highest BCUT2D eigenvalue weighted by molar-refractivity contribution is 5.83. The summed E-state index contributed by atoms with van der Waals surface area (Å²) < 4.78 is 50.0. The number of carbonyl (C=O) groups excluding carboxylic acids is 2. The Morgan fingerprint density at radius 1 is 1.32 bits per heavy atom. The summed E-state index contributed by atoms with van der Waals surface area (Å²) in [6, 6.07) is 2.97. The molecule has 0 saturated carbocycles. The van der Waals surface area contributed by atoms with Gasteiger partial charge in [-0.3, -0.25) is 4.79 Å². The van der Waals surface area contributed by atoms with E-state index in [2.05, 4.69) is 10.1 Å². The van der Waals surface area contributed by atoms with Crippen molar-refractivity contribution < 1.29 is 37.3 Å². The second-order valence-electron chi connectivity index (χ2n) is 5.34. The van der Waals surface area contributed by atoms with Gasteiger partial charge < -0.3 is 25.2 Å². The van der Waals surface area contributed by atoms with Crippen molar-refractivity contribution in [2.75, 3.05) is 13.7 Å². The van der Waals surface area contributed by atoms with Crippen LogP contribution in [0.5, 0.6) is 5.75 Å². The summed E-state index contributed by atoms with van der Waals surface area (Å²) >= 11 is 0. The van der Waals surface area contributed by atoms with E-state index in [1.54, 1.807) is 0 Å². The van der Waals surface area contributed by atoms with E-state index in [1.807, 2.05) is 0 Å². The Bertz CT molecular complexity index is 650. The van der Waals surface area contributed by atoms with Crippen molar-refractivity contribution in [2.24, 2.45) is 5.92 Å². The number of aliphatic hydroxyl groups is 1. The van der Waals surface area contributed by atoms with Gasteiger partial charge in [0.1, 0.15) is 11.7 Å². The molecule has 2 rings (SSSR count). The van der Waals surface area contributed by atoms with Crippen molar-refractivity contribution in [1.29, 1.82) is 0 Å². The molecule has 1 aliphatic rings. The highest BCUT2D eigenvalue weighted by Gasteiger charge is 2.67. The number of amides is 2. The van der Waals surface area contributed by atoms with Crippen molar-refractivity contribution in [3.8, 4) is 5.75 Å². The molecule has 0 bridgehead atoms. The van der Waals surface area contributed by atoms with Crippen LogP contribution in [0.2, 0.25) is 0 Å². The molecule has 0 radical (unpaired) electrons. The van der Waals surface area contributed by atoms with Crippen molar-refractivity contribution in [1.82, 2.24) is 10.6 Å². The molecule has 0 aliphatic carbocycles. The van der Waals surface area contributed by atoms with Crippen molar-refractivity contribution >= 4 is 12.0 Å². The van der Waals surface area contributed by atoms with Gasteiger partial charge in [-0.2, -0.15) is 13.2 Å². The van der Waals surface area contributed by atoms with Gasteiger partial charge in [0.25, 0.3) is 5.72 Å². The minimum Gasteiger partial charge on any atom is -0.497 e. The second-order valence-corrected chi connectivity index (χ2v) is 5.34. The molecule has 1 heterocycles. The van der Waals surface area contributed by atoms with Gasteiger partial charge in [0.15, 0.2) is 0 Å². The first kappa shape index (κ1) is 18.8. The Kier molecular flexibility index (Phi) is 5.12. The Morgan fingerprint density at radius 2 is 1.92 bits per heavy atom. The average Bonchev–Trinajstić information content (AvgIpc) is 2.53. The second kappa shape index (κ2) is 6.79. The number of rotatable bonds is 4. The lowest BCUT2D eigenvalue weighted by molar-refractivity contribution is -0.294. The first-order valence-electron chi connectivity index (χ1n) is 7.32. The number of alkyl halides is 3. The molecule has 25 heavy (non-hydrogen) atoms. The standard InChI is InChI=1S/C15H17F3N2O5/c1-3-25-12(21)10-11(8-4-6-9(24-2)7-5-8)19-13(22)20-14(10,23)15(16,17)18/h4-7,10-11,23H,3H2,1-2H3,(H2,19,20,22)/t10-,11+,14+/m0/s1. The topological polar surface area (TPSA) is 96.9 Å². The van der Waals surface area contributed by atoms with Crippen LogP contribution in [0.4, 0.5) is 18.0 Å².